The van der Waals surface area contributed by atoms with Gasteiger partial charge in [-0.15, -0.1) is 0 Å². The molecular weight excluding hydrogens is 292 g/mol. The molecule has 0 unspecified atom stereocenters. The summed E-state index contributed by atoms with van der Waals surface area (Å²) in [6, 6.07) is 5.08. The average molecular weight is 310 g/mol. The molecule has 0 fully saturated rings. The number of benzene rings is 1. The van der Waals surface area contributed by atoms with Gasteiger partial charge in [-0.25, -0.2) is 8.42 Å². The van der Waals surface area contributed by atoms with Gasteiger partial charge in [0.25, 0.3) is 0 Å². The van der Waals surface area contributed by atoms with E-state index >= 15 is 0 Å². The number of rotatable bonds is 5. The molecule has 0 radical (unpaired) electrons. The first kappa shape index (κ1) is 17.0. The zero-order valence-electron chi connectivity index (χ0n) is 12.0. The van der Waals surface area contributed by atoms with Crippen molar-refractivity contribution in [1.82, 2.24) is 0 Å². The number of hydrogen-bond acceptors (Lipinski definition) is 5. The van der Waals surface area contributed by atoms with Gasteiger partial charge < -0.3 is 10.5 Å². The Labute approximate surface area is 124 Å². The number of ether oxygens (including phenoxy) is 1. The van der Waals surface area contributed by atoms with Crippen molar-refractivity contribution < 1.29 is 17.9 Å². The van der Waals surface area contributed by atoms with E-state index in [1.54, 1.807) is 25.1 Å². The number of nitrogens with two attached hydrogens (primary N) is 1. The van der Waals surface area contributed by atoms with Gasteiger partial charge in [0.1, 0.15) is 0 Å². The maximum absolute atomic E-state index is 11.9. The third kappa shape index (κ3) is 5.85. The van der Waals surface area contributed by atoms with Crippen LogP contribution in [0.2, 0.25) is 0 Å². The predicted molar refractivity (Wildman–Crippen MR) is 81.2 cm³/mol. The van der Waals surface area contributed by atoms with Crippen LogP contribution in [0.15, 0.2) is 18.2 Å². The standard InChI is InChI=1S/C14H18N2O4S/c1-3-20-14(17)10-21(18,19)16-13-7-6-11(2)9-12(13)5-4-8-15/h6-7,9,16H,3,8,10,15H2,1-2H3. The Kier molecular flexibility index (Phi) is 6.21. The van der Waals surface area contributed by atoms with Gasteiger partial charge in [0.2, 0.25) is 10.0 Å². The van der Waals surface area contributed by atoms with Crippen LogP contribution in [-0.4, -0.2) is 33.3 Å². The van der Waals surface area contributed by atoms with Crippen molar-refractivity contribution in [2.24, 2.45) is 5.73 Å². The van der Waals surface area contributed by atoms with Crippen LogP contribution in [0.3, 0.4) is 0 Å². The largest absolute Gasteiger partial charge is 0.465 e. The average Bonchev–Trinajstić information content (AvgIpc) is 2.38. The first-order chi connectivity index (χ1) is 9.88. The fourth-order valence-electron chi connectivity index (χ4n) is 1.56. The molecule has 0 amide bonds. The van der Waals surface area contributed by atoms with E-state index in [4.69, 9.17) is 5.73 Å². The van der Waals surface area contributed by atoms with Crippen LogP contribution in [0.4, 0.5) is 5.69 Å². The third-order valence-corrected chi connectivity index (χ3v) is 3.53. The molecule has 1 rings (SSSR count). The molecule has 0 aliphatic carbocycles. The fraction of sp³-hybridized carbons (Fsp3) is 0.357. The Morgan fingerprint density at radius 3 is 2.76 bits per heavy atom. The summed E-state index contributed by atoms with van der Waals surface area (Å²) in [7, 11) is -3.84. The minimum Gasteiger partial charge on any atom is -0.465 e. The molecular formula is C14H18N2O4S. The number of sulfonamides is 1. The summed E-state index contributed by atoms with van der Waals surface area (Å²) in [4.78, 5) is 11.3. The summed E-state index contributed by atoms with van der Waals surface area (Å²) in [5, 5.41) is 0. The Balaban J connectivity index is 2.99. The van der Waals surface area contributed by atoms with Crippen molar-refractivity contribution >= 4 is 21.7 Å². The van der Waals surface area contributed by atoms with Gasteiger partial charge in [-0.05, 0) is 31.5 Å². The number of anilines is 1. The number of carbonyl (C=O) groups excluding carboxylic acids is 1. The molecule has 0 aromatic heterocycles. The summed E-state index contributed by atoms with van der Waals surface area (Å²) in [6.45, 7) is 3.78. The van der Waals surface area contributed by atoms with Crippen molar-refractivity contribution in [3.05, 3.63) is 29.3 Å². The van der Waals surface area contributed by atoms with Gasteiger partial charge in [0.05, 0.1) is 18.8 Å². The highest BCUT2D eigenvalue weighted by Gasteiger charge is 2.18. The lowest BCUT2D eigenvalue weighted by atomic mass is 10.1. The monoisotopic (exact) mass is 310 g/mol. The van der Waals surface area contributed by atoms with Gasteiger partial charge in [0, 0.05) is 5.56 Å². The highest BCUT2D eigenvalue weighted by atomic mass is 32.2. The van der Waals surface area contributed by atoms with E-state index in [0.717, 1.165) is 5.56 Å². The zero-order valence-corrected chi connectivity index (χ0v) is 12.8. The minimum absolute atomic E-state index is 0.131. The van der Waals surface area contributed by atoms with Crippen LogP contribution < -0.4 is 10.5 Å². The van der Waals surface area contributed by atoms with E-state index in [0.29, 0.717) is 11.3 Å². The molecule has 7 heteroatoms. The predicted octanol–water partition coefficient (Wildman–Crippen LogP) is 0.610. The lowest BCUT2D eigenvalue weighted by Gasteiger charge is -2.10. The number of nitrogens with one attached hydrogen (secondary N) is 1. The Hall–Kier alpha value is -2.04. The Bertz CT molecular complexity index is 672. The van der Waals surface area contributed by atoms with Crippen molar-refractivity contribution in [3.8, 4) is 11.8 Å². The van der Waals surface area contributed by atoms with E-state index in [1.165, 1.54) is 0 Å². The second-order valence-electron chi connectivity index (χ2n) is 4.22. The van der Waals surface area contributed by atoms with Crippen LogP contribution >= 0.6 is 0 Å². The molecule has 21 heavy (non-hydrogen) atoms. The van der Waals surface area contributed by atoms with Gasteiger partial charge >= 0.3 is 5.97 Å². The molecule has 0 saturated heterocycles. The lowest BCUT2D eigenvalue weighted by Crippen LogP contribution is -2.24. The fourth-order valence-corrected chi connectivity index (χ4v) is 2.54. The minimum atomic E-state index is -3.84. The van der Waals surface area contributed by atoms with Crippen LogP contribution in [0.5, 0.6) is 0 Å². The summed E-state index contributed by atoms with van der Waals surface area (Å²) >= 11 is 0. The normalized spacial score (nSPS) is 10.4. The summed E-state index contributed by atoms with van der Waals surface area (Å²) < 4.78 is 30.8. The molecule has 6 nitrogen and oxygen atoms in total. The molecule has 0 heterocycles. The second-order valence-corrected chi connectivity index (χ2v) is 5.94. The SMILES string of the molecule is CCOC(=O)CS(=O)(=O)Nc1ccc(C)cc1C#CCN. The molecule has 0 aliphatic heterocycles. The van der Waals surface area contributed by atoms with Crippen LogP contribution in [0, 0.1) is 18.8 Å². The van der Waals surface area contributed by atoms with Gasteiger partial charge in [0.15, 0.2) is 5.75 Å². The van der Waals surface area contributed by atoms with E-state index < -0.39 is 21.7 Å². The number of hydrogen-bond donors (Lipinski definition) is 2. The summed E-state index contributed by atoms with van der Waals surface area (Å²) in [5.74, 6) is 3.93. The maximum atomic E-state index is 11.9. The van der Waals surface area contributed by atoms with Crippen LogP contribution in [0.25, 0.3) is 0 Å². The quantitative estimate of drug-likeness (QED) is 0.613. The van der Waals surface area contributed by atoms with Crippen molar-refractivity contribution in [1.29, 1.82) is 0 Å². The number of esters is 1. The first-order valence-corrected chi connectivity index (χ1v) is 7.99. The highest BCUT2D eigenvalue weighted by Crippen LogP contribution is 2.18. The smallest absolute Gasteiger partial charge is 0.323 e. The van der Waals surface area contributed by atoms with Crippen LogP contribution in [-0.2, 0) is 19.6 Å². The summed E-state index contributed by atoms with van der Waals surface area (Å²) in [5.41, 5.74) is 7.07. The molecule has 0 saturated carbocycles. The number of carbonyl (C=O) groups is 1. The van der Waals surface area contributed by atoms with E-state index in [1.807, 2.05) is 6.92 Å². The second kappa shape index (κ2) is 7.67. The Morgan fingerprint density at radius 1 is 1.43 bits per heavy atom. The Morgan fingerprint density at radius 2 is 2.14 bits per heavy atom. The van der Waals surface area contributed by atoms with Crippen LogP contribution in [0.1, 0.15) is 18.1 Å². The summed E-state index contributed by atoms with van der Waals surface area (Å²) in [6.07, 6.45) is 0. The van der Waals surface area contributed by atoms with Gasteiger partial charge in [-0.3, -0.25) is 9.52 Å². The molecule has 3 N–H and O–H groups in total. The molecule has 0 spiro atoms. The molecule has 114 valence electrons. The van der Waals surface area contributed by atoms with E-state index in [-0.39, 0.29) is 13.2 Å². The highest BCUT2D eigenvalue weighted by molar-refractivity contribution is 7.93. The van der Waals surface area contributed by atoms with Crippen molar-refractivity contribution in [3.63, 3.8) is 0 Å². The first-order valence-electron chi connectivity index (χ1n) is 6.33. The van der Waals surface area contributed by atoms with Gasteiger partial charge in [-0.1, -0.05) is 17.9 Å². The molecule has 0 atom stereocenters. The molecule has 1 aromatic carbocycles. The van der Waals surface area contributed by atoms with Gasteiger partial charge in [-0.2, -0.15) is 0 Å². The zero-order chi connectivity index (χ0) is 15.9. The van der Waals surface area contributed by atoms with Crippen molar-refractivity contribution in [2.75, 3.05) is 23.6 Å². The molecule has 0 aliphatic rings. The lowest BCUT2D eigenvalue weighted by molar-refractivity contribution is -0.139. The molecule has 1 aromatic rings. The topological polar surface area (TPSA) is 98.5 Å². The molecule has 0 bridgehead atoms. The van der Waals surface area contributed by atoms with E-state index in [9.17, 15) is 13.2 Å². The van der Waals surface area contributed by atoms with Crippen molar-refractivity contribution in [2.45, 2.75) is 13.8 Å². The van der Waals surface area contributed by atoms with E-state index in [2.05, 4.69) is 21.3 Å². The maximum Gasteiger partial charge on any atom is 0.323 e. The number of aryl methyl sites for hydroxylation is 1. The third-order valence-electron chi connectivity index (χ3n) is 2.38.